The fourth-order valence-corrected chi connectivity index (χ4v) is 2.40. The number of benzene rings is 1. The van der Waals surface area contributed by atoms with Crippen LogP contribution in [-0.4, -0.2) is 21.6 Å². The van der Waals surface area contributed by atoms with Crippen molar-refractivity contribution in [3.63, 3.8) is 0 Å². The van der Waals surface area contributed by atoms with E-state index >= 15 is 0 Å². The smallest absolute Gasteiger partial charge is 0.144 e. The number of ether oxygens (including phenoxy) is 1. The number of nitrogen functional groups attached to an aromatic ring is 1. The number of anilines is 1. The molecule has 20 heavy (non-hydrogen) atoms. The van der Waals surface area contributed by atoms with Gasteiger partial charge in [-0.1, -0.05) is 0 Å². The number of aryl methyl sites for hydroxylation is 1. The highest BCUT2D eigenvalue weighted by molar-refractivity contribution is 5.81. The number of methoxy groups -OCH3 is 1. The molecule has 3 rings (SSSR count). The molecule has 0 aliphatic heterocycles. The summed E-state index contributed by atoms with van der Waals surface area (Å²) in [5.41, 5.74) is 9.36. The quantitative estimate of drug-likeness (QED) is 0.742. The van der Waals surface area contributed by atoms with Gasteiger partial charge < -0.3 is 15.0 Å². The van der Waals surface area contributed by atoms with Crippen molar-refractivity contribution in [1.82, 2.24) is 14.5 Å². The van der Waals surface area contributed by atoms with Crippen LogP contribution in [0, 0.1) is 0 Å². The van der Waals surface area contributed by atoms with Crippen molar-refractivity contribution >= 4 is 16.7 Å². The van der Waals surface area contributed by atoms with E-state index in [0.29, 0.717) is 5.69 Å². The van der Waals surface area contributed by atoms with Gasteiger partial charge in [0.1, 0.15) is 17.1 Å². The first kappa shape index (κ1) is 12.5. The van der Waals surface area contributed by atoms with Gasteiger partial charge >= 0.3 is 0 Å². The summed E-state index contributed by atoms with van der Waals surface area (Å²) < 4.78 is 7.57. The van der Waals surface area contributed by atoms with Crippen molar-refractivity contribution in [2.24, 2.45) is 0 Å². The molecule has 1 aromatic carbocycles. The van der Waals surface area contributed by atoms with Crippen molar-refractivity contribution in [3.8, 4) is 17.1 Å². The van der Waals surface area contributed by atoms with Crippen LogP contribution in [0.15, 0.2) is 36.7 Å². The molecule has 0 atom stereocenters. The molecule has 2 N–H and O–H groups in total. The van der Waals surface area contributed by atoms with Gasteiger partial charge in [-0.3, -0.25) is 4.98 Å². The molecule has 0 aliphatic carbocycles. The van der Waals surface area contributed by atoms with Gasteiger partial charge in [-0.15, -0.1) is 0 Å². The van der Waals surface area contributed by atoms with E-state index in [2.05, 4.69) is 21.5 Å². The van der Waals surface area contributed by atoms with Gasteiger partial charge in [0.25, 0.3) is 0 Å². The Kier molecular flexibility index (Phi) is 3.02. The number of hydrogen-bond donors (Lipinski definition) is 1. The zero-order valence-corrected chi connectivity index (χ0v) is 11.5. The van der Waals surface area contributed by atoms with Crippen molar-refractivity contribution in [2.75, 3.05) is 12.8 Å². The fourth-order valence-electron chi connectivity index (χ4n) is 2.40. The van der Waals surface area contributed by atoms with E-state index in [4.69, 9.17) is 10.5 Å². The lowest BCUT2D eigenvalue weighted by atomic mass is 10.1. The van der Waals surface area contributed by atoms with Crippen molar-refractivity contribution in [3.05, 3.63) is 36.7 Å². The van der Waals surface area contributed by atoms with Gasteiger partial charge in [0.2, 0.25) is 0 Å². The second kappa shape index (κ2) is 4.85. The van der Waals surface area contributed by atoms with Crippen LogP contribution in [0.25, 0.3) is 22.4 Å². The lowest BCUT2D eigenvalue weighted by Gasteiger charge is -2.10. The van der Waals surface area contributed by atoms with Gasteiger partial charge in [0, 0.05) is 24.5 Å². The molecule has 0 unspecified atom stereocenters. The first-order chi connectivity index (χ1) is 9.74. The Morgan fingerprint density at radius 1 is 1.30 bits per heavy atom. The zero-order valence-electron chi connectivity index (χ0n) is 11.5. The standard InChI is InChI=1S/C15H16N4O/c1-3-19-13-6-7-17-9-12(13)18-15(19)11-5-4-10(16)8-14(11)20-2/h4-9H,3,16H2,1-2H3. The topological polar surface area (TPSA) is 66.0 Å². The largest absolute Gasteiger partial charge is 0.496 e. The molecule has 2 heterocycles. The number of hydrogen-bond acceptors (Lipinski definition) is 4. The molecule has 3 aromatic rings. The maximum absolute atomic E-state index is 5.81. The molecule has 0 saturated carbocycles. The van der Waals surface area contributed by atoms with Crippen LogP contribution in [0.4, 0.5) is 5.69 Å². The Morgan fingerprint density at radius 3 is 2.90 bits per heavy atom. The Bertz CT molecular complexity index is 764. The van der Waals surface area contributed by atoms with E-state index in [1.165, 1.54) is 0 Å². The fraction of sp³-hybridized carbons (Fsp3) is 0.200. The third kappa shape index (κ3) is 1.87. The Labute approximate surface area is 117 Å². The van der Waals surface area contributed by atoms with Crippen LogP contribution < -0.4 is 10.5 Å². The molecule has 102 valence electrons. The minimum atomic E-state index is 0.673. The maximum Gasteiger partial charge on any atom is 0.144 e. The first-order valence-corrected chi connectivity index (χ1v) is 6.48. The average Bonchev–Trinajstić information content (AvgIpc) is 2.85. The minimum Gasteiger partial charge on any atom is -0.496 e. The van der Waals surface area contributed by atoms with E-state index in [9.17, 15) is 0 Å². The predicted molar refractivity (Wildman–Crippen MR) is 79.6 cm³/mol. The molecule has 0 saturated heterocycles. The number of imidazole rings is 1. The van der Waals surface area contributed by atoms with Crippen LogP contribution in [0.5, 0.6) is 5.75 Å². The number of nitrogens with zero attached hydrogens (tertiary/aromatic N) is 3. The van der Waals surface area contributed by atoms with E-state index in [1.54, 1.807) is 19.5 Å². The normalized spacial score (nSPS) is 10.9. The number of nitrogens with two attached hydrogens (primary N) is 1. The molecule has 0 fully saturated rings. The highest BCUT2D eigenvalue weighted by atomic mass is 16.5. The summed E-state index contributed by atoms with van der Waals surface area (Å²) in [5, 5.41) is 0. The van der Waals surface area contributed by atoms with Crippen molar-refractivity contribution in [2.45, 2.75) is 13.5 Å². The Balaban J connectivity index is 2.29. The summed E-state index contributed by atoms with van der Waals surface area (Å²) in [4.78, 5) is 8.80. The van der Waals surface area contributed by atoms with Gasteiger partial charge in [0.05, 0.1) is 24.4 Å². The van der Waals surface area contributed by atoms with Crippen molar-refractivity contribution < 1.29 is 4.74 Å². The summed E-state index contributed by atoms with van der Waals surface area (Å²) in [6, 6.07) is 7.58. The van der Waals surface area contributed by atoms with Gasteiger partial charge in [-0.05, 0) is 25.1 Å². The molecular weight excluding hydrogens is 252 g/mol. The average molecular weight is 268 g/mol. The van der Waals surface area contributed by atoms with E-state index in [0.717, 1.165) is 34.7 Å². The van der Waals surface area contributed by atoms with Crippen LogP contribution in [0.3, 0.4) is 0 Å². The molecule has 0 bridgehead atoms. The molecule has 5 heteroatoms. The SMILES string of the molecule is CCn1c(-c2ccc(N)cc2OC)nc2cnccc21. The van der Waals surface area contributed by atoms with Gasteiger partial charge in [-0.2, -0.15) is 0 Å². The summed E-state index contributed by atoms with van der Waals surface area (Å²) in [6.07, 6.45) is 3.55. The summed E-state index contributed by atoms with van der Waals surface area (Å²) >= 11 is 0. The van der Waals surface area contributed by atoms with E-state index < -0.39 is 0 Å². The highest BCUT2D eigenvalue weighted by Gasteiger charge is 2.15. The molecule has 0 spiro atoms. The summed E-state index contributed by atoms with van der Waals surface area (Å²) in [5.74, 6) is 1.59. The maximum atomic E-state index is 5.81. The molecule has 0 amide bonds. The third-order valence-electron chi connectivity index (χ3n) is 3.33. The monoisotopic (exact) mass is 268 g/mol. The van der Waals surface area contributed by atoms with Gasteiger partial charge in [0.15, 0.2) is 0 Å². The second-order valence-corrected chi connectivity index (χ2v) is 4.50. The Hall–Kier alpha value is -2.56. The second-order valence-electron chi connectivity index (χ2n) is 4.50. The van der Waals surface area contributed by atoms with Crippen LogP contribution >= 0.6 is 0 Å². The van der Waals surface area contributed by atoms with Crippen molar-refractivity contribution in [1.29, 1.82) is 0 Å². The number of rotatable bonds is 3. The molecule has 5 nitrogen and oxygen atoms in total. The summed E-state index contributed by atoms with van der Waals surface area (Å²) in [7, 11) is 1.64. The van der Waals surface area contributed by atoms with E-state index in [-0.39, 0.29) is 0 Å². The lowest BCUT2D eigenvalue weighted by molar-refractivity contribution is 0.416. The number of aromatic nitrogens is 3. The van der Waals surface area contributed by atoms with Gasteiger partial charge in [-0.25, -0.2) is 4.98 Å². The lowest BCUT2D eigenvalue weighted by Crippen LogP contribution is -1.99. The van der Waals surface area contributed by atoms with Crippen LogP contribution in [0.1, 0.15) is 6.92 Å². The molecular formula is C15H16N4O. The Morgan fingerprint density at radius 2 is 2.15 bits per heavy atom. The molecule has 0 aliphatic rings. The molecule has 0 radical (unpaired) electrons. The third-order valence-corrected chi connectivity index (χ3v) is 3.33. The summed E-state index contributed by atoms with van der Waals surface area (Å²) in [6.45, 7) is 2.91. The van der Waals surface area contributed by atoms with E-state index in [1.807, 2.05) is 24.3 Å². The molecule has 2 aromatic heterocycles. The van der Waals surface area contributed by atoms with Crippen LogP contribution in [0.2, 0.25) is 0 Å². The minimum absolute atomic E-state index is 0.673. The first-order valence-electron chi connectivity index (χ1n) is 6.48. The number of fused-ring (bicyclic) bond motifs is 1. The number of pyridine rings is 1. The predicted octanol–water partition coefficient (Wildman–Crippen LogP) is 2.71. The zero-order chi connectivity index (χ0) is 14.1. The van der Waals surface area contributed by atoms with Crippen LogP contribution in [-0.2, 0) is 6.54 Å². The highest BCUT2D eigenvalue weighted by Crippen LogP contribution is 2.33.